The van der Waals surface area contributed by atoms with Crippen LogP contribution < -0.4 is 11.3 Å². The fourth-order valence-electron chi connectivity index (χ4n) is 2.04. The van der Waals surface area contributed by atoms with Crippen LogP contribution in [-0.4, -0.2) is 30.4 Å². The van der Waals surface area contributed by atoms with Crippen LogP contribution in [0, 0.1) is 5.92 Å². The van der Waals surface area contributed by atoms with Crippen molar-refractivity contribution in [2.45, 2.75) is 32.6 Å². The summed E-state index contributed by atoms with van der Waals surface area (Å²) < 4.78 is 0. The van der Waals surface area contributed by atoms with Crippen molar-refractivity contribution in [1.29, 1.82) is 0 Å². The highest BCUT2D eigenvalue weighted by atomic mass is 16.2. The van der Waals surface area contributed by atoms with Gasteiger partial charge >= 0.3 is 0 Å². The molecule has 1 aliphatic rings. The van der Waals surface area contributed by atoms with Crippen molar-refractivity contribution in [3.63, 3.8) is 0 Å². The topological polar surface area (TPSA) is 58.4 Å². The van der Waals surface area contributed by atoms with Crippen molar-refractivity contribution < 1.29 is 4.79 Å². The molecule has 4 nitrogen and oxygen atoms in total. The van der Waals surface area contributed by atoms with Crippen LogP contribution in [0.3, 0.4) is 0 Å². The predicted octanol–water partition coefficient (Wildman–Crippen LogP) is 0.488. The van der Waals surface area contributed by atoms with E-state index in [1.54, 1.807) is 0 Å². The summed E-state index contributed by atoms with van der Waals surface area (Å²) in [6, 6.07) is 0. The minimum absolute atomic E-state index is 0.0834. The van der Waals surface area contributed by atoms with E-state index in [4.69, 9.17) is 5.84 Å². The standard InChI is InChI=1S/C10H21N3O/c1-2-9-4-3-6-13(7-5-9)8-10(14)12-11/h9H,2-8,11H2,1H3,(H,12,14). The molecule has 0 aromatic rings. The number of hydrogen-bond acceptors (Lipinski definition) is 3. The number of carbonyl (C=O) groups is 1. The Hall–Kier alpha value is -0.610. The van der Waals surface area contributed by atoms with Crippen LogP contribution >= 0.6 is 0 Å². The van der Waals surface area contributed by atoms with Crippen molar-refractivity contribution in [2.24, 2.45) is 11.8 Å². The largest absolute Gasteiger partial charge is 0.294 e. The lowest BCUT2D eigenvalue weighted by Gasteiger charge is -2.18. The smallest absolute Gasteiger partial charge is 0.248 e. The molecule has 0 aromatic heterocycles. The Kier molecular flexibility index (Phi) is 4.90. The molecule has 0 aliphatic carbocycles. The summed E-state index contributed by atoms with van der Waals surface area (Å²) in [6.07, 6.45) is 4.98. The molecular weight excluding hydrogens is 178 g/mol. The lowest BCUT2D eigenvalue weighted by atomic mass is 9.98. The summed E-state index contributed by atoms with van der Waals surface area (Å²) in [4.78, 5) is 13.3. The molecule has 0 radical (unpaired) electrons. The maximum Gasteiger partial charge on any atom is 0.248 e. The van der Waals surface area contributed by atoms with E-state index in [0.717, 1.165) is 19.0 Å². The summed E-state index contributed by atoms with van der Waals surface area (Å²) in [5, 5.41) is 0. The Balaban J connectivity index is 2.30. The van der Waals surface area contributed by atoms with Crippen molar-refractivity contribution in [3.05, 3.63) is 0 Å². The van der Waals surface area contributed by atoms with Crippen molar-refractivity contribution in [2.75, 3.05) is 19.6 Å². The van der Waals surface area contributed by atoms with E-state index >= 15 is 0 Å². The van der Waals surface area contributed by atoms with E-state index in [1.165, 1.54) is 25.7 Å². The molecule has 1 unspecified atom stereocenters. The molecule has 1 atom stereocenters. The number of amides is 1. The van der Waals surface area contributed by atoms with Crippen LogP contribution in [-0.2, 0) is 4.79 Å². The lowest BCUT2D eigenvalue weighted by Crippen LogP contribution is -2.40. The minimum Gasteiger partial charge on any atom is -0.294 e. The second kappa shape index (κ2) is 5.98. The monoisotopic (exact) mass is 199 g/mol. The summed E-state index contributed by atoms with van der Waals surface area (Å²) in [6.45, 7) is 4.76. The summed E-state index contributed by atoms with van der Waals surface area (Å²) in [5.74, 6) is 5.82. The highest BCUT2D eigenvalue weighted by Gasteiger charge is 2.16. The molecule has 1 saturated heterocycles. The van der Waals surface area contributed by atoms with Gasteiger partial charge in [0.1, 0.15) is 0 Å². The number of rotatable bonds is 3. The molecule has 3 N–H and O–H groups in total. The molecule has 0 saturated carbocycles. The van der Waals surface area contributed by atoms with Crippen LogP contribution in [0.5, 0.6) is 0 Å². The second-order valence-electron chi connectivity index (χ2n) is 4.05. The predicted molar refractivity (Wildman–Crippen MR) is 56.4 cm³/mol. The van der Waals surface area contributed by atoms with E-state index in [1.807, 2.05) is 0 Å². The molecule has 0 spiro atoms. The van der Waals surface area contributed by atoms with Gasteiger partial charge in [0.15, 0.2) is 0 Å². The van der Waals surface area contributed by atoms with E-state index in [0.29, 0.717) is 6.54 Å². The Labute approximate surface area is 85.8 Å². The van der Waals surface area contributed by atoms with Gasteiger partial charge in [-0.3, -0.25) is 15.1 Å². The molecule has 4 heteroatoms. The van der Waals surface area contributed by atoms with Gasteiger partial charge in [-0.1, -0.05) is 13.3 Å². The molecular formula is C10H21N3O. The van der Waals surface area contributed by atoms with Gasteiger partial charge in [0.05, 0.1) is 6.54 Å². The van der Waals surface area contributed by atoms with Gasteiger partial charge in [0.25, 0.3) is 0 Å². The summed E-state index contributed by atoms with van der Waals surface area (Å²) in [7, 11) is 0. The van der Waals surface area contributed by atoms with Crippen LogP contribution in [0.15, 0.2) is 0 Å². The zero-order valence-electron chi connectivity index (χ0n) is 8.96. The normalized spacial score (nSPS) is 24.3. The Morgan fingerprint density at radius 1 is 1.50 bits per heavy atom. The minimum atomic E-state index is -0.0834. The zero-order chi connectivity index (χ0) is 10.4. The van der Waals surface area contributed by atoms with Gasteiger partial charge < -0.3 is 0 Å². The number of nitrogens with zero attached hydrogens (tertiary/aromatic N) is 1. The fourth-order valence-corrected chi connectivity index (χ4v) is 2.04. The Bertz CT molecular complexity index is 184. The summed E-state index contributed by atoms with van der Waals surface area (Å²) in [5.41, 5.74) is 2.18. The Morgan fingerprint density at radius 3 is 2.93 bits per heavy atom. The SMILES string of the molecule is CCC1CCCN(CC(=O)NN)CC1. The maximum absolute atomic E-state index is 11.1. The van der Waals surface area contributed by atoms with E-state index in [2.05, 4.69) is 17.2 Å². The molecule has 14 heavy (non-hydrogen) atoms. The number of nitrogens with two attached hydrogens (primary N) is 1. The average Bonchev–Trinajstić information content (AvgIpc) is 2.43. The van der Waals surface area contributed by atoms with Gasteiger partial charge in [0, 0.05) is 0 Å². The first-order valence-electron chi connectivity index (χ1n) is 5.48. The molecule has 82 valence electrons. The third kappa shape index (κ3) is 3.64. The zero-order valence-corrected chi connectivity index (χ0v) is 8.96. The van der Waals surface area contributed by atoms with Gasteiger partial charge in [-0.15, -0.1) is 0 Å². The fraction of sp³-hybridized carbons (Fsp3) is 0.900. The number of nitrogens with one attached hydrogen (secondary N) is 1. The molecule has 1 aliphatic heterocycles. The first kappa shape index (κ1) is 11.5. The number of hydrogen-bond donors (Lipinski definition) is 2. The van der Waals surface area contributed by atoms with Gasteiger partial charge in [-0.25, -0.2) is 5.84 Å². The number of hydrazine groups is 1. The first-order chi connectivity index (χ1) is 6.76. The molecule has 1 amide bonds. The lowest BCUT2D eigenvalue weighted by molar-refractivity contribution is -0.122. The van der Waals surface area contributed by atoms with Gasteiger partial charge in [-0.2, -0.15) is 0 Å². The maximum atomic E-state index is 11.1. The highest BCUT2D eigenvalue weighted by molar-refractivity contribution is 5.77. The van der Waals surface area contributed by atoms with Crippen LogP contribution in [0.25, 0.3) is 0 Å². The molecule has 0 aromatic carbocycles. The van der Waals surface area contributed by atoms with Gasteiger partial charge in [0.2, 0.25) is 5.91 Å². The van der Waals surface area contributed by atoms with Crippen molar-refractivity contribution >= 4 is 5.91 Å². The third-order valence-electron chi connectivity index (χ3n) is 3.05. The molecule has 0 bridgehead atoms. The molecule has 1 heterocycles. The van der Waals surface area contributed by atoms with Crippen molar-refractivity contribution in [1.82, 2.24) is 10.3 Å². The highest BCUT2D eigenvalue weighted by Crippen LogP contribution is 2.19. The molecule has 1 rings (SSSR count). The summed E-state index contributed by atoms with van der Waals surface area (Å²) >= 11 is 0. The van der Waals surface area contributed by atoms with Crippen molar-refractivity contribution in [3.8, 4) is 0 Å². The third-order valence-corrected chi connectivity index (χ3v) is 3.05. The van der Waals surface area contributed by atoms with E-state index in [-0.39, 0.29) is 5.91 Å². The van der Waals surface area contributed by atoms with Crippen LogP contribution in [0.2, 0.25) is 0 Å². The van der Waals surface area contributed by atoms with Gasteiger partial charge in [-0.05, 0) is 38.3 Å². The Morgan fingerprint density at radius 2 is 2.29 bits per heavy atom. The van der Waals surface area contributed by atoms with Crippen LogP contribution in [0.1, 0.15) is 32.6 Å². The molecule has 1 fully saturated rings. The second-order valence-corrected chi connectivity index (χ2v) is 4.05. The number of carbonyl (C=O) groups excluding carboxylic acids is 1. The average molecular weight is 199 g/mol. The van der Waals surface area contributed by atoms with Crippen LogP contribution in [0.4, 0.5) is 0 Å². The quantitative estimate of drug-likeness (QED) is 0.395. The van der Waals surface area contributed by atoms with E-state index in [9.17, 15) is 4.79 Å². The number of likely N-dealkylation sites (tertiary alicyclic amines) is 1. The first-order valence-corrected chi connectivity index (χ1v) is 5.48. The van der Waals surface area contributed by atoms with E-state index < -0.39 is 0 Å².